The van der Waals surface area contributed by atoms with Gasteiger partial charge in [0.05, 0.1) is 23.6 Å². The van der Waals surface area contributed by atoms with Gasteiger partial charge in [0.1, 0.15) is 5.75 Å². The summed E-state index contributed by atoms with van der Waals surface area (Å²) in [7, 11) is 0. The highest BCUT2D eigenvalue weighted by atomic mass is 32.1. The SMILES string of the molecule is O=C(CN1CCC2(CCCCc3ccccc3OCCCNC2=O)CC1)NCCc1nccs1. The Kier molecular flexibility index (Phi) is 8.93. The zero-order valence-electron chi connectivity index (χ0n) is 19.9. The molecule has 2 N–H and O–H groups in total. The lowest BCUT2D eigenvalue weighted by Crippen LogP contribution is -2.51. The standard InChI is InChI=1S/C26H36N4O3S/c31-23(27-14-9-24-28-15-19-34-24)20-30-16-11-26(12-17-30)10-4-3-7-21-6-1-2-8-22(21)33-18-5-13-29-25(26)32/h1-2,6,8,15,19H,3-5,7,9-14,16-18,20H2,(H,27,31)(H,29,32). The number of aryl methyl sites for hydroxylation is 1. The monoisotopic (exact) mass is 484 g/mol. The van der Waals surface area contributed by atoms with Gasteiger partial charge in [-0.15, -0.1) is 11.3 Å². The predicted octanol–water partition coefficient (Wildman–Crippen LogP) is 3.20. The molecule has 2 aliphatic rings. The van der Waals surface area contributed by atoms with Gasteiger partial charge in [0.15, 0.2) is 0 Å². The largest absolute Gasteiger partial charge is 0.493 e. The fourth-order valence-corrected chi connectivity index (χ4v) is 5.57. The summed E-state index contributed by atoms with van der Waals surface area (Å²) in [6, 6.07) is 8.27. The number of carbonyl (C=O) groups is 2. The molecule has 0 radical (unpaired) electrons. The van der Waals surface area contributed by atoms with Crippen molar-refractivity contribution in [3.05, 3.63) is 46.4 Å². The van der Waals surface area contributed by atoms with Gasteiger partial charge in [0.2, 0.25) is 11.8 Å². The zero-order chi connectivity index (χ0) is 23.6. The predicted molar refractivity (Wildman–Crippen MR) is 134 cm³/mol. The molecule has 184 valence electrons. The van der Waals surface area contributed by atoms with E-state index in [4.69, 9.17) is 4.74 Å². The van der Waals surface area contributed by atoms with E-state index in [1.807, 2.05) is 17.5 Å². The van der Waals surface area contributed by atoms with Crippen molar-refractivity contribution in [1.29, 1.82) is 0 Å². The van der Waals surface area contributed by atoms with Crippen molar-refractivity contribution in [2.45, 2.75) is 51.4 Å². The minimum Gasteiger partial charge on any atom is -0.493 e. The molecule has 2 aromatic rings. The lowest BCUT2D eigenvalue weighted by Gasteiger charge is -2.40. The summed E-state index contributed by atoms with van der Waals surface area (Å²) in [5.41, 5.74) is 0.928. The zero-order valence-corrected chi connectivity index (χ0v) is 20.7. The Morgan fingerprint density at radius 2 is 2.03 bits per heavy atom. The number of nitrogens with one attached hydrogen (secondary N) is 2. The molecular weight excluding hydrogens is 448 g/mol. The average Bonchev–Trinajstić information content (AvgIpc) is 3.37. The first-order valence-corrected chi connectivity index (χ1v) is 13.4. The van der Waals surface area contributed by atoms with Gasteiger partial charge in [0, 0.05) is 31.1 Å². The number of likely N-dealkylation sites (tertiary alicyclic amines) is 1. The molecule has 1 fully saturated rings. The van der Waals surface area contributed by atoms with Crippen LogP contribution in [0.15, 0.2) is 35.8 Å². The number of hydrogen-bond acceptors (Lipinski definition) is 6. The molecule has 0 atom stereocenters. The molecule has 2 amide bonds. The van der Waals surface area contributed by atoms with Crippen molar-refractivity contribution < 1.29 is 14.3 Å². The van der Waals surface area contributed by atoms with Crippen LogP contribution in [-0.2, 0) is 22.4 Å². The van der Waals surface area contributed by atoms with Crippen LogP contribution in [0.1, 0.15) is 49.1 Å². The molecule has 3 heterocycles. The number of amides is 2. The van der Waals surface area contributed by atoms with Crippen LogP contribution in [0.5, 0.6) is 5.75 Å². The van der Waals surface area contributed by atoms with Crippen LogP contribution in [0, 0.1) is 5.41 Å². The lowest BCUT2D eigenvalue weighted by molar-refractivity contribution is -0.135. The third kappa shape index (κ3) is 6.79. The Balaban J connectivity index is 1.27. The summed E-state index contributed by atoms with van der Waals surface area (Å²) in [5.74, 6) is 1.20. The molecule has 2 aliphatic heterocycles. The molecule has 0 saturated carbocycles. The molecule has 0 bridgehead atoms. The number of para-hydroxylation sites is 1. The van der Waals surface area contributed by atoms with E-state index in [-0.39, 0.29) is 17.2 Å². The van der Waals surface area contributed by atoms with Crippen LogP contribution in [-0.4, -0.2) is 61.0 Å². The van der Waals surface area contributed by atoms with Crippen LogP contribution in [0.4, 0.5) is 0 Å². The normalized spacial score (nSPS) is 19.6. The van der Waals surface area contributed by atoms with E-state index in [0.29, 0.717) is 26.2 Å². The number of carbonyl (C=O) groups excluding carboxylic acids is 2. The molecule has 0 unspecified atom stereocenters. The van der Waals surface area contributed by atoms with Gasteiger partial charge in [0.25, 0.3) is 0 Å². The molecule has 8 heteroatoms. The van der Waals surface area contributed by atoms with E-state index in [0.717, 1.165) is 75.2 Å². The lowest BCUT2D eigenvalue weighted by atomic mass is 9.73. The van der Waals surface area contributed by atoms with E-state index in [2.05, 4.69) is 32.7 Å². The van der Waals surface area contributed by atoms with E-state index in [1.54, 1.807) is 17.5 Å². The highest BCUT2D eigenvalue weighted by molar-refractivity contribution is 7.09. The molecule has 1 aromatic heterocycles. The highest BCUT2D eigenvalue weighted by Crippen LogP contribution is 2.37. The molecule has 0 aliphatic carbocycles. The maximum atomic E-state index is 13.2. The van der Waals surface area contributed by atoms with Crippen molar-refractivity contribution in [3.8, 4) is 5.75 Å². The van der Waals surface area contributed by atoms with E-state index in [1.165, 1.54) is 5.56 Å². The fourth-order valence-electron chi connectivity index (χ4n) is 4.95. The summed E-state index contributed by atoms with van der Waals surface area (Å²) < 4.78 is 5.97. The van der Waals surface area contributed by atoms with Crippen LogP contribution in [0.25, 0.3) is 0 Å². The molecule has 1 saturated heterocycles. The van der Waals surface area contributed by atoms with E-state index < -0.39 is 0 Å². The third-order valence-corrected chi connectivity index (χ3v) is 7.83. The Hall–Kier alpha value is -2.45. The van der Waals surface area contributed by atoms with Crippen LogP contribution in [0.2, 0.25) is 0 Å². The Morgan fingerprint density at radius 3 is 2.85 bits per heavy atom. The van der Waals surface area contributed by atoms with Crippen molar-refractivity contribution in [2.24, 2.45) is 5.41 Å². The highest BCUT2D eigenvalue weighted by Gasteiger charge is 2.40. The van der Waals surface area contributed by atoms with Crippen molar-refractivity contribution in [2.75, 3.05) is 39.3 Å². The minimum absolute atomic E-state index is 0.0468. The number of ether oxygens (including phenoxy) is 1. The van der Waals surface area contributed by atoms with Gasteiger partial charge < -0.3 is 15.4 Å². The number of piperidine rings is 1. The average molecular weight is 485 g/mol. The summed E-state index contributed by atoms with van der Waals surface area (Å²) in [4.78, 5) is 32.1. The third-order valence-electron chi connectivity index (χ3n) is 6.99. The number of nitrogens with zero attached hydrogens (tertiary/aromatic N) is 2. The quantitative estimate of drug-likeness (QED) is 0.681. The second-order valence-electron chi connectivity index (χ2n) is 9.36. The maximum absolute atomic E-state index is 13.2. The Labute approximate surface area is 206 Å². The summed E-state index contributed by atoms with van der Waals surface area (Å²) in [6.07, 6.45) is 8.89. The number of rotatable bonds is 5. The fraction of sp³-hybridized carbons (Fsp3) is 0.577. The first kappa shape index (κ1) is 24.7. The number of fused-ring (bicyclic) bond motifs is 1. The van der Waals surface area contributed by atoms with Crippen molar-refractivity contribution in [3.63, 3.8) is 0 Å². The number of benzene rings is 1. The second kappa shape index (κ2) is 12.3. The molecular formula is C26H36N4O3S. The summed E-state index contributed by atoms with van der Waals surface area (Å²) in [5, 5.41) is 9.18. The smallest absolute Gasteiger partial charge is 0.234 e. The molecule has 1 spiro atoms. The number of aromatic nitrogens is 1. The van der Waals surface area contributed by atoms with E-state index >= 15 is 0 Å². The Morgan fingerprint density at radius 1 is 1.18 bits per heavy atom. The van der Waals surface area contributed by atoms with Crippen molar-refractivity contribution >= 4 is 23.2 Å². The first-order chi connectivity index (χ1) is 16.6. The summed E-state index contributed by atoms with van der Waals surface area (Å²) in [6.45, 7) is 3.80. The van der Waals surface area contributed by atoms with Gasteiger partial charge in [-0.1, -0.05) is 24.6 Å². The molecule has 7 nitrogen and oxygen atoms in total. The molecule has 4 rings (SSSR count). The van der Waals surface area contributed by atoms with Crippen LogP contribution in [0.3, 0.4) is 0 Å². The van der Waals surface area contributed by atoms with Gasteiger partial charge in [-0.3, -0.25) is 14.5 Å². The minimum atomic E-state index is -0.327. The van der Waals surface area contributed by atoms with Gasteiger partial charge in [-0.25, -0.2) is 4.98 Å². The van der Waals surface area contributed by atoms with Crippen LogP contribution < -0.4 is 15.4 Å². The van der Waals surface area contributed by atoms with Gasteiger partial charge in [-0.2, -0.15) is 0 Å². The maximum Gasteiger partial charge on any atom is 0.234 e. The topological polar surface area (TPSA) is 83.6 Å². The van der Waals surface area contributed by atoms with Crippen molar-refractivity contribution in [1.82, 2.24) is 20.5 Å². The number of hydrogen-bond donors (Lipinski definition) is 2. The van der Waals surface area contributed by atoms with Gasteiger partial charge in [-0.05, 0) is 63.2 Å². The number of thiazole rings is 1. The first-order valence-electron chi connectivity index (χ1n) is 12.5. The van der Waals surface area contributed by atoms with Gasteiger partial charge >= 0.3 is 0 Å². The summed E-state index contributed by atoms with van der Waals surface area (Å²) >= 11 is 1.61. The van der Waals surface area contributed by atoms with Crippen LogP contribution >= 0.6 is 11.3 Å². The second-order valence-corrected chi connectivity index (χ2v) is 10.3. The molecule has 1 aromatic carbocycles. The Bertz CT molecular complexity index is 926. The molecule has 34 heavy (non-hydrogen) atoms. The van der Waals surface area contributed by atoms with E-state index in [9.17, 15) is 9.59 Å².